The maximum atomic E-state index is 10.5. The molecule has 0 aliphatic rings. The summed E-state index contributed by atoms with van der Waals surface area (Å²) in [5.74, 6) is 0.441. The SMILES string of the molecule is CO/C(=C/[C-]=O)C(C)C(/C=C/c1csc(C(C)=C(C)C)n1)OC.[Y]. The molecule has 0 aromatic carbocycles. The van der Waals surface area contributed by atoms with Gasteiger partial charge in [-0.05, 0) is 50.4 Å². The first-order valence-corrected chi connectivity index (χ1v) is 8.25. The van der Waals surface area contributed by atoms with Crippen molar-refractivity contribution in [2.45, 2.75) is 33.8 Å². The van der Waals surface area contributed by atoms with Gasteiger partial charge in [0.25, 0.3) is 0 Å². The van der Waals surface area contributed by atoms with Gasteiger partial charge < -0.3 is 14.3 Å². The van der Waals surface area contributed by atoms with Gasteiger partial charge in [-0.3, -0.25) is 0 Å². The van der Waals surface area contributed by atoms with Crippen molar-refractivity contribution in [1.29, 1.82) is 0 Å². The molecule has 1 aromatic rings. The maximum Gasteiger partial charge on any atom is 0.119 e. The van der Waals surface area contributed by atoms with E-state index in [2.05, 4.69) is 25.8 Å². The fourth-order valence-corrected chi connectivity index (χ4v) is 2.89. The van der Waals surface area contributed by atoms with Crippen LogP contribution in [0.25, 0.3) is 11.6 Å². The molecule has 0 amide bonds. The molecule has 2 unspecified atom stereocenters. The zero-order valence-electron chi connectivity index (χ0n) is 15.1. The number of allylic oxidation sites excluding steroid dienone is 3. The second kappa shape index (κ2) is 11.9. The summed E-state index contributed by atoms with van der Waals surface area (Å²) in [4.78, 5) is 15.1. The van der Waals surface area contributed by atoms with Gasteiger partial charge in [0, 0.05) is 45.2 Å². The van der Waals surface area contributed by atoms with Crippen LogP contribution in [0.2, 0.25) is 0 Å². The molecule has 1 radical (unpaired) electrons. The first-order chi connectivity index (χ1) is 10.9. The van der Waals surface area contributed by atoms with Gasteiger partial charge in [-0.15, -0.1) is 11.3 Å². The summed E-state index contributed by atoms with van der Waals surface area (Å²) in [6.07, 6.45) is 6.68. The molecule has 129 valence electrons. The summed E-state index contributed by atoms with van der Waals surface area (Å²) >= 11 is 1.62. The molecule has 0 aliphatic carbocycles. The Morgan fingerprint density at radius 1 is 1.33 bits per heavy atom. The third-order valence-corrected chi connectivity index (χ3v) is 4.68. The Labute approximate surface area is 173 Å². The predicted molar refractivity (Wildman–Crippen MR) is 95.8 cm³/mol. The summed E-state index contributed by atoms with van der Waals surface area (Å²) in [5.41, 5.74) is 3.36. The zero-order chi connectivity index (χ0) is 17.4. The number of aromatic nitrogens is 1. The van der Waals surface area contributed by atoms with Crippen molar-refractivity contribution in [2.24, 2.45) is 5.92 Å². The van der Waals surface area contributed by atoms with Gasteiger partial charge in [-0.25, -0.2) is 4.98 Å². The zero-order valence-corrected chi connectivity index (χ0v) is 18.8. The Balaban J connectivity index is 0.00000529. The molecule has 1 rings (SSSR count). The van der Waals surface area contributed by atoms with Crippen molar-refractivity contribution >= 4 is 29.3 Å². The number of hydrogen-bond acceptors (Lipinski definition) is 5. The number of ether oxygens (including phenoxy) is 2. The van der Waals surface area contributed by atoms with Crippen molar-refractivity contribution < 1.29 is 47.0 Å². The minimum absolute atomic E-state index is 0. The summed E-state index contributed by atoms with van der Waals surface area (Å²) < 4.78 is 10.7. The quantitative estimate of drug-likeness (QED) is 0.356. The molecule has 0 bridgehead atoms. The van der Waals surface area contributed by atoms with Crippen LogP contribution >= 0.6 is 11.3 Å². The fourth-order valence-electron chi connectivity index (χ4n) is 1.99. The minimum atomic E-state index is -0.218. The Morgan fingerprint density at radius 2 is 2.00 bits per heavy atom. The molecule has 0 fully saturated rings. The van der Waals surface area contributed by atoms with Crippen LogP contribution in [0.1, 0.15) is 38.4 Å². The van der Waals surface area contributed by atoms with Gasteiger partial charge >= 0.3 is 0 Å². The molecular weight excluding hydrogens is 399 g/mol. The smallest absolute Gasteiger partial charge is 0.119 e. The van der Waals surface area contributed by atoms with Crippen LogP contribution in [0.4, 0.5) is 0 Å². The summed E-state index contributed by atoms with van der Waals surface area (Å²) in [6, 6.07) is 0. The topological polar surface area (TPSA) is 48.4 Å². The van der Waals surface area contributed by atoms with Gasteiger partial charge in [0.15, 0.2) is 0 Å². The van der Waals surface area contributed by atoms with E-state index in [4.69, 9.17) is 9.47 Å². The van der Waals surface area contributed by atoms with E-state index in [1.165, 1.54) is 24.3 Å². The Kier molecular flexibility index (Phi) is 11.6. The Bertz CT molecular complexity index is 616. The number of thiazole rings is 1. The minimum Gasteiger partial charge on any atom is -0.585 e. The Morgan fingerprint density at radius 3 is 2.50 bits per heavy atom. The van der Waals surface area contributed by atoms with Crippen LogP contribution in [-0.2, 0) is 47.0 Å². The number of hydrogen-bond donors (Lipinski definition) is 0. The van der Waals surface area contributed by atoms with Gasteiger partial charge in [0.1, 0.15) is 5.01 Å². The van der Waals surface area contributed by atoms with Crippen molar-refractivity contribution in [1.82, 2.24) is 4.98 Å². The van der Waals surface area contributed by atoms with Gasteiger partial charge in [0.05, 0.1) is 18.9 Å². The maximum absolute atomic E-state index is 10.5. The van der Waals surface area contributed by atoms with Crippen molar-refractivity contribution in [3.05, 3.63) is 39.6 Å². The molecule has 4 nitrogen and oxygen atoms in total. The molecule has 0 spiro atoms. The first kappa shape index (κ1) is 23.4. The van der Waals surface area contributed by atoms with E-state index < -0.39 is 0 Å². The monoisotopic (exact) mass is 423 g/mol. The van der Waals surface area contributed by atoms with Crippen LogP contribution in [0.15, 0.2) is 28.9 Å². The normalized spacial score (nSPS) is 14.0. The molecule has 0 N–H and O–H groups in total. The van der Waals surface area contributed by atoms with Gasteiger partial charge in [0.2, 0.25) is 0 Å². The molecule has 0 saturated carbocycles. The van der Waals surface area contributed by atoms with Crippen LogP contribution < -0.4 is 0 Å². The van der Waals surface area contributed by atoms with Gasteiger partial charge in [-0.1, -0.05) is 18.6 Å². The van der Waals surface area contributed by atoms with Crippen molar-refractivity contribution in [3.8, 4) is 0 Å². The standard InChI is InChI=1S/C18H24NO3S.Y/c1-12(2)13(3)18-19-15(11-23-18)7-8-16(21-5)14(4)17(22-6)9-10-20;/h7-9,11,14,16H,1-6H3;/q-1;/b8-7+,17-9+;. The summed E-state index contributed by atoms with van der Waals surface area (Å²) in [7, 11) is 3.16. The molecular formula is C18H24NO3SY-. The van der Waals surface area contributed by atoms with E-state index in [1.54, 1.807) is 24.7 Å². The van der Waals surface area contributed by atoms with E-state index in [1.807, 2.05) is 24.5 Å². The molecule has 6 heteroatoms. The number of carbonyl (C=O) groups excluding carboxylic acids is 1. The molecule has 0 aliphatic heterocycles. The van der Waals surface area contributed by atoms with E-state index >= 15 is 0 Å². The third-order valence-electron chi connectivity index (χ3n) is 3.70. The summed E-state index contributed by atoms with van der Waals surface area (Å²) in [5, 5.41) is 3.04. The number of methoxy groups -OCH3 is 2. The average Bonchev–Trinajstić information content (AvgIpc) is 3.00. The van der Waals surface area contributed by atoms with E-state index in [0.717, 1.165) is 10.7 Å². The molecule has 2 atom stereocenters. The Hall–Kier alpha value is -0.616. The predicted octanol–water partition coefficient (Wildman–Crippen LogP) is 4.26. The van der Waals surface area contributed by atoms with Gasteiger partial charge in [-0.2, -0.15) is 6.08 Å². The number of nitrogens with zero attached hydrogens (tertiary/aromatic N) is 1. The summed E-state index contributed by atoms with van der Waals surface area (Å²) in [6.45, 7) is 8.17. The second-order valence-corrected chi connectivity index (χ2v) is 6.28. The molecule has 0 saturated heterocycles. The van der Waals surface area contributed by atoms with Crippen LogP contribution in [0.5, 0.6) is 0 Å². The average molecular weight is 423 g/mol. The van der Waals surface area contributed by atoms with Crippen LogP contribution in [-0.4, -0.2) is 31.6 Å². The van der Waals surface area contributed by atoms with Crippen LogP contribution in [0.3, 0.4) is 0 Å². The largest absolute Gasteiger partial charge is 0.585 e. The fraction of sp³-hybridized carbons (Fsp3) is 0.444. The molecule has 1 heterocycles. The molecule has 1 aromatic heterocycles. The van der Waals surface area contributed by atoms with Crippen LogP contribution in [0, 0.1) is 5.92 Å². The van der Waals surface area contributed by atoms with E-state index in [-0.39, 0.29) is 44.7 Å². The van der Waals surface area contributed by atoms with E-state index in [0.29, 0.717) is 5.76 Å². The third kappa shape index (κ3) is 6.71. The second-order valence-electron chi connectivity index (χ2n) is 5.42. The van der Waals surface area contributed by atoms with E-state index in [9.17, 15) is 4.79 Å². The first-order valence-electron chi connectivity index (χ1n) is 7.37. The van der Waals surface area contributed by atoms with Crippen molar-refractivity contribution in [2.75, 3.05) is 14.2 Å². The number of rotatable bonds is 8. The molecule has 24 heavy (non-hydrogen) atoms. The van der Waals surface area contributed by atoms with Crippen molar-refractivity contribution in [3.63, 3.8) is 0 Å².